The maximum absolute atomic E-state index is 2.40. The number of hydrogen-bond donors (Lipinski definition) is 0. The molecule has 0 aliphatic carbocycles. The minimum absolute atomic E-state index is 1.28. The van der Waals surface area contributed by atoms with Crippen molar-refractivity contribution in [2.75, 3.05) is 0 Å². The van der Waals surface area contributed by atoms with E-state index in [1.807, 2.05) is 34.0 Å². The smallest absolute Gasteiger partial charge is 0.0632 e. The van der Waals surface area contributed by atoms with Gasteiger partial charge in [-0.2, -0.15) is 0 Å². The molecule has 21 heavy (non-hydrogen) atoms. The molecular formula is C18H24S3. The normalized spacial score (nSPS) is 11.9. The first-order valence-electron chi connectivity index (χ1n) is 8.26. The molecule has 3 aromatic heterocycles. The van der Waals surface area contributed by atoms with E-state index in [0.29, 0.717) is 0 Å². The third-order valence-corrected chi connectivity index (χ3v) is 7.76. The van der Waals surface area contributed by atoms with Crippen molar-refractivity contribution >= 4 is 52.8 Å². The highest BCUT2D eigenvalue weighted by molar-refractivity contribution is 7.37. The van der Waals surface area contributed by atoms with Crippen LogP contribution in [0.3, 0.4) is 0 Å². The van der Waals surface area contributed by atoms with Gasteiger partial charge in [-0.15, -0.1) is 34.0 Å². The van der Waals surface area contributed by atoms with Gasteiger partial charge in [-0.1, -0.05) is 51.9 Å². The van der Waals surface area contributed by atoms with E-state index in [4.69, 9.17) is 0 Å². The van der Waals surface area contributed by atoms with Crippen LogP contribution in [0.4, 0.5) is 0 Å². The minimum atomic E-state index is 1.28. The summed E-state index contributed by atoms with van der Waals surface area (Å²) in [6.07, 6.45) is 12.6. The molecule has 0 aliphatic heterocycles. The Labute approximate surface area is 139 Å². The summed E-state index contributed by atoms with van der Waals surface area (Å²) in [6, 6.07) is 2.28. The fraction of sp³-hybridized carbons (Fsp3) is 0.556. The Morgan fingerprint density at radius 2 is 1.57 bits per heavy atom. The number of unbranched alkanes of at least 4 members (excludes halogenated alkanes) is 7. The zero-order chi connectivity index (χ0) is 14.5. The third-order valence-electron chi connectivity index (χ3n) is 4.16. The van der Waals surface area contributed by atoms with Gasteiger partial charge >= 0.3 is 0 Å². The van der Waals surface area contributed by atoms with Crippen LogP contribution in [-0.2, 0) is 6.42 Å². The van der Waals surface area contributed by atoms with Crippen molar-refractivity contribution in [3.8, 4) is 0 Å². The molecule has 0 radical (unpaired) electrons. The van der Waals surface area contributed by atoms with Crippen LogP contribution in [0.25, 0.3) is 18.8 Å². The van der Waals surface area contributed by atoms with Crippen LogP contribution in [0, 0.1) is 0 Å². The quantitative estimate of drug-likeness (QED) is 0.349. The first-order chi connectivity index (χ1) is 10.4. The fourth-order valence-electron chi connectivity index (χ4n) is 2.93. The molecule has 0 amide bonds. The molecular weight excluding hydrogens is 312 g/mol. The summed E-state index contributed by atoms with van der Waals surface area (Å²) in [5.41, 5.74) is 1.61. The topological polar surface area (TPSA) is 0 Å². The van der Waals surface area contributed by atoms with Crippen molar-refractivity contribution in [2.45, 2.75) is 64.7 Å². The highest BCUT2D eigenvalue weighted by Crippen LogP contribution is 2.43. The van der Waals surface area contributed by atoms with E-state index in [1.54, 1.807) is 15.0 Å². The fourth-order valence-corrected chi connectivity index (χ4v) is 6.77. The molecule has 114 valence electrons. The number of aryl methyl sites for hydroxylation is 1. The number of hydrogen-bond acceptors (Lipinski definition) is 3. The van der Waals surface area contributed by atoms with E-state index < -0.39 is 0 Å². The molecule has 0 aliphatic rings. The van der Waals surface area contributed by atoms with E-state index in [-0.39, 0.29) is 0 Å². The lowest BCUT2D eigenvalue weighted by Crippen LogP contribution is -1.84. The molecule has 0 atom stereocenters. The molecule has 0 aromatic carbocycles. The van der Waals surface area contributed by atoms with Gasteiger partial charge in [0.25, 0.3) is 0 Å². The van der Waals surface area contributed by atoms with Gasteiger partial charge < -0.3 is 0 Å². The number of thiophene rings is 3. The third kappa shape index (κ3) is 3.69. The first kappa shape index (κ1) is 15.5. The van der Waals surface area contributed by atoms with Gasteiger partial charge in [-0.3, -0.25) is 0 Å². The molecule has 0 unspecified atom stereocenters. The summed E-state index contributed by atoms with van der Waals surface area (Å²) < 4.78 is 6.12. The lowest BCUT2D eigenvalue weighted by Gasteiger charge is -2.01. The minimum Gasteiger partial charge on any atom is -0.141 e. The van der Waals surface area contributed by atoms with Crippen LogP contribution in [-0.4, -0.2) is 0 Å². The molecule has 0 saturated carbocycles. The highest BCUT2D eigenvalue weighted by atomic mass is 32.1. The second-order valence-electron chi connectivity index (χ2n) is 5.86. The molecule has 0 fully saturated rings. The largest absolute Gasteiger partial charge is 0.141 e. The van der Waals surface area contributed by atoms with E-state index >= 15 is 0 Å². The Balaban J connectivity index is 1.45. The lowest BCUT2D eigenvalue weighted by atomic mass is 10.1. The van der Waals surface area contributed by atoms with Gasteiger partial charge in [0.15, 0.2) is 0 Å². The summed E-state index contributed by atoms with van der Waals surface area (Å²) in [5, 5.41) is 4.63. The standard InChI is InChI=1S/C18H24S3/c1-2-3-4-5-6-7-8-9-10-14-13-20-18-16(14)21-15-11-12-19-17(15)18/h11-13H,2-10H2,1H3. The number of fused-ring (bicyclic) bond motifs is 3. The zero-order valence-corrected chi connectivity index (χ0v) is 15.3. The molecule has 0 bridgehead atoms. The Morgan fingerprint density at radius 1 is 0.810 bits per heavy atom. The van der Waals surface area contributed by atoms with Crippen molar-refractivity contribution in [3.63, 3.8) is 0 Å². The monoisotopic (exact) mass is 336 g/mol. The van der Waals surface area contributed by atoms with E-state index in [1.165, 1.54) is 67.2 Å². The van der Waals surface area contributed by atoms with Crippen LogP contribution in [0.2, 0.25) is 0 Å². The summed E-state index contributed by atoms with van der Waals surface area (Å²) in [7, 11) is 0. The Morgan fingerprint density at radius 3 is 2.38 bits per heavy atom. The summed E-state index contributed by atoms with van der Waals surface area (Å²) in [4.78, 5) is 0. The van der Waals surface area contributed by atoms with Gasteiger partial charge in [0.2, 0.25) is 0 Å². The Bertz CT molecular complexity index is 671. The predicted molar refractivity (Wildman–Crippen MR) is 101 cm³/mol. The van der Waals surface area contributed by atoms with Crippen molar-refractivity contribution in [3.05, 3.63) is 22.4 Å². The molecule has 3 heterocycles. The van der Waals surface area contributed by atoms with Crippen LogP contribution in [0.1, 0.15) is 63.9 Å². The van der Waals surface area contributed by atoms with Crippen molar-refractivity contribution in [1.29, 1.82) is 0 Å². The zero-order valence-electron chi connectivity index (χ0n) is 12.8. The van der Waals surface area contributed by atoms with Crippen LogP contribution < -0.4 is 0 Å². The van der Waals surface area contributed by atoms with Crippen LogP contribution in [0.15, 0.2) is 16.8 Å². The van der Waals surface area contributed by atoms with Gasteiger partial charge in [0, 0.05) is 4.70 Å². The molecule has 0 saturated heterocycles. The van der Waals surface area contributed by atoms with Gasteiger partial charge in [0.1, 0.15) is 0 Å². The second-order valence-corrected chi connectivity index (χ2v) is 8.71. The van der Waals surface area contributed by atoms with Crippen molar-refractivity contribution in [2.24, 2.45) is 0 Å². The molecule has 0 nitrogen and oxygen atoms in total. The van der Waals surface area contributed by atoms with Crippen molar-refractivity contribution < 1.29 is 0 Å². The summed E-state index contributed by atoms with van der Waals surface area (Å²) in [6.45, 7) is 2.29. The first-order valence-corrected chi connectivity index (χ1v) is 10.8. The number of rotatable bonds is 9. The predicted octanol–water partition coefficient (Wildman–Crippen LogP) is 7.86. The van der Waals surface area contributed by atoms with Gasteiger partial charge in [-0.05, 0) is 35.2 Å². The Kier molecular flexibility index (Phi) is 5.73. The summed E-state index contributed by atoms with van der Waals surface area (Å²) >= 11 is 5.85. The summed E-state index contributed by atoms with van der Waals surface area (Å²) in [5.74, 6) is 0. The highest BCUT2D eigenvalue weighted by Gasteiger charge is 2.11. The molecule has 3 heteroatoms. The maximum atomic E-state index is 2.40. The van der Waals surface area contributed by atoms with Crippen molar-refractivity contribution in [1.82, 2.24) is 0 Å². The average molecular weight is 337 g/mol. The van der Waals surface area contributed by atoms with E-state index in [9.17, 15) is 0 Å². The average Bonchev–Trinajstić information content (AvgIpc) is 3.15. The maximum Gasteiger partial charge on any atom is 0.0632 e. The molecule has 0 N–H and O–H groups in total. The lowest BCUT2D eigenvalue weighted by molar-refractivity contribution is 0.576. The van der Waals surface area contributed by atoms with Crippen LogP contribution >= 0.6 is 34.0 Å². The SMILES string of the molecule is CCCCCCCCCCc1csc2c1sc1ccsc12. The molecule has 3 rings (SSSR count). The van der Waals surface area contributed by atoms with Crippen LogP contribution in [0.5, 0.6) is 0 Å². The van der Waals surface area contributed by atoms with E-state index in [0.717, 1.165) is 0 Å². The molecule has 3 aromatic rings. The molecule has 0 spiro atoms. The van der Waals surface area contributed by atoms with Gasteiger partial charge in [0.05, 0.1) is 14.1 Å². The second kappa shape index (κ2) is 7.75. The Hall–Kier alpha value is -0.380. The van der Waals surface area contributed by atoms with E-state index in [2.05, 4.69) is 23.8 Å². The van der Waals surface area contributed by atoms with Gasteiger partial charge in [-0.25, -0.2) is 0 Å².